The molecule has 0 N–H and O–H groups in total. The van der Waals surface area contributed by atoms with Crippen molar-refractivity contribution < 1.29 is 12.3 Å². The fourth-order valence-electron chi connectivity index (χ4n) is 1.86. The van der Waals surface area contributed by atoms with Crippen LogP contribution in [-0.2, 0) is 12.3 Å². The van der Waals surface area contributed by atoms with Gasteiger partial charge in [-0.1, -0.05) is 30.3 Å². The molecule has 0 radical (unpaired) electrons. The van der Waals surface area contributed by atoms with Crippen LogP contribution in [0.15, 0.2) is 30.3 Å². The minimum absolute atomic E-state index is 1.12. The van der Waals surface area contributed by atoms with E-state index in [-0.39, 0.29) is 0 Å². The molecule has 0 aliphatic heterocycles. The first-order valence-electron chi connectivity index (χ1n) is 6.94. The van der Waals surface area contributed by atoms with Crippen LogP contribution in [0.3, 0.4) is 0 Å². The lowest BCUT2D eigenvalue weighted by Gasteiger charge is -2.35. The maximum absolute atomic E-state index is 6.35. The second-order valence-corrected chi connectivity index (χ2v) is 16.2. The first-order chi connectivity index (χ1) is 8.85. The Kier molecular flexibility index (Phi) is 6.87. The van der Waals surface area contributed by atoms with E-state index in [2.05, 4.69) is 51.4 Å². The van der Waals surface area contributed by atoms with Crippen LogP contribution in [0.5, 0.6) is 0 Å². The summed E-state index contributed by atoms with van der Waals surface area (Å²) in [5.74, 6) is 0. The third-order valence-corrected chi connectivity index (χ3v) is 12.7. The Hall–Kier alpha value is -0.0325. The standard InChI is InChI=1S/C12H26O3Si4/c1-16(2)13-19(14-17(3)4,15-18(5)6)12-10-8-7-9-11-12/h7-11,16-18H,1-6H3. The Balaban J connectivity index is 3.16. The zero-order valence-corrected chi connectivity index (χ0v) is 17.3. The van der Waals surface area contributed by atoms with Crippen LogP contribution in [0, 0.1) is 0 Å². The highest BCUT2D eigenvalue weighted by molar-refractivity contribution is 6.88. The van der Waals surface area contributed by atoms with E-state index in [0.717, 1.165) is 5.19 Å². The molecule has 0 fully saturated rings. The third-order valence-electron chi connectivity index (χ3n) is 2.30. The zero-order chi connectivity index (χ0) is 14.5. The Morgan fingerprint density at radius 3 is 1.37 bits per heavy atom. The van der Waals surface area contributed by atoms with Crippen LogP contribution in [0.4, 0.5) is 0 Å². The maximum Gasteiger partial charge on any atom is 0.505 e. The largest absolute Gasteiger partial charge is 0.505 e. The van der Waals surface area contributed by atoms with Gasteiger partial charge in [0.1, 0.15) is 0 Å². The van der Waals surface area contributed by atoms with Gasteiger partial charge >= 0.3 is 8.80 Å². The summed E-state index contributed by atoms with van der Waals surface area (Å²) in [5.41, 5.74) is 0. The molecule has 0 aliphatic carbocycles. The summed E-state index contributed by atoms with van der Waals surface area (Å²) in [6.07, 6.45) is 0. The van der Waals surface area contributed by atoms with Gasteiger partial charge in [0, 0.05) is 5.19 Å². The number of rotatable bonds is 7. The van der Waals surface area contributed by atoms with E-state index in [0.29, 0.717) is 0 Å². The number of hydrogen-bond acceptors (Lipinski definition) is 3. The van der Waals surface area contributed by atoms with Gasteiger partial charge in [-0.3, -0.25) is 0 Å². The van der Waals surface area contributed by atoms with Crippen molar-refractivity contribution in [2.75, 3.05) is 0 Å². The minimum Gasteiger partial charge on any atom is -0.416 e. The Labute approximate surface area is 123 Å². The fourth-order valence-corrected chi connectivity index (χ4v) is 13.7. The average Bonchev–Trinajstić information content (AvgIpc) is 2.27. The van der Waals surface area contributed by atoms with Crippen molar-refractivity contribution in [1.82, 2.24) is 0 Å². The maximum atomic E-state index is 6.35. The molecule has 0 atom stereocenters. The highest BCUT2D eigenvalue weighted by Gasteiger charge is 2.45. The van der Waals surface area contributed by atoms with E-state index in [4.69, 9.17) is 12.3 Å². The third kappa shape index (κ3) is 5.46. The van der Waals surface area contributed by atoms with E-state index < -0.39 is 35.9 Å². The van der Waals surface area contributed by atoms with Crippen molar-refractivity contribution >= 4 is 41.1 Å². The van der Waals surface area contributed by atoms with Gasteiger partial charge in [0.05, 0.1) is 0 Å². The van der Waals surface area contributed by atoms with Crippen LogP contribution in [-0.4, -0.2) is 35.9 Å². The van der Waals surface area contributed by atoms with Crippen LogP contribution >= 0.6 is 0 Å². The molecular formula is C12H26O3Si4. The van der Waals surface area contributed by atoms with Crippen molar-refractivity contribution in [1.29, 1.82) is 0 Å². The van der Waals surface area contributed by atoms with Gasteiger partial charge in [0.2, 0.25) is 0 Å². The summed E-state index contributed by atoms with van der Waals surface area (Å²) in [7, 11) is -6.36. The Bertz CT molecular complexity index is 344. The molecule has 19 heavy (non-hydrogen) atoms. The van der Waals surface area contributed by atoms with Crippen molar-refractivity contribution in [3.63, 3.8) is 0 Å². The highest BCUT2D eigenvalue weighted by atomic mass is 28.5. The summed E-state index contributed by atoms with van der Waals surface area (Å²) in [5, 5.41) is 1.12. The number of hydrogen-bond donors (Lipinski definition) is 0. The molecule has 0 saturated carbocycles. The van der Waals surface area contributed by atoms with Gasteiger partial charge < -0.3 is 12.3 Å². The van der Waals surface area contributed by atoms with Crippen LogP contribution in [0.2, 0.25) is 39.3 Å². The van der Waals surface area contributed by atoms with Crippen LogP contribution < -0.4 is 5.19 Å². The lowest BCUT2D eigenvalue weighted by atomic mass is 10.4. The molecule has 1 aromatic rings. The molecule has 1 aromatic carbocycles. The lowest BCUT2D eigenvalue weighted by molar-refractivity contribution is 0.290. The molecule has 0 aromatic heterocycles. The van der Waals surface area contributed by atoms with E-state index in [1.165, 1.54) is 0 Å². The fraction of sp³-hybridized carbons (Fsp3) is 0.500. The zero-order valence-electron chi connectivity index (χ0n) is 12.8. The first-order valence-corrected chi connectivity index (χ1v) is 17.0. The summed E-state index contributed by atoms with van der Waals surface area (Å²) in [6.45, 7) is 13.1. The first kappa shape index (κ1) is 17.0. The van der Waals surface area contributed by atoms with Gasteiger partial charge in [0.15, 0.2) is 27.1 Å². The summed E-state index contributed by atoms with van der Waals surface area (Å²) in [4.78, 5) is 0. The SMILES string of the molecule is C[SiH](C)O[Si](O[SiH](C)C)(O[SiH](C)C)c1ccccc1. The quantitative estimate of drug-likeness (QED) is 0.714. The Morgan fingerprint density at radius 1 is 0.684 bits per heavy atom. The molecule has 0 spiro atoms. The smallest absolute Gasteiger partial charge is 0.416 e. The normalized spacial score (nSPS) is 12.7. The molecule has 0 saturated heterocycles. The molecule has 0 unspecified atom stereocenters. The van der Waals surface area contributed by atoms with Crippen LogP contribution in [0.25, 0.3) is 0 Å². The van der Waals surface area contributed by atoms with Crippen molar-refractivity contribution in [3.05, 3.63) is 30.3 Å². The molecule has 0 aliphatic rings. The molecule has 3 nitrogen and oxygen atoms in total. The van der Waals surface area contributed by atoms with Gasteiger partial charge in [-0.05, 0) is 39.3 Å². The summed E-state index contributed by atoms with van der Waals surface area (Å²) >= 11 is 0. The topological polar surface area (TPSA) is 27.7 Å². The van der Waals surface area contributed by atoms with E-state index in [9.17, 15) is 0 Å². The van der Waals surface area contributed by atoms with Crippen molar-refractivity contribution in [2.24, 2.45) is 0 Å². The predicted octanol–water partition coefficient (Wildman–Crippen LogP) is 1.83. The molecule has 108 valence electrons. The molecule has 0 bridgehead atoms. The van der Waals surface area contributed by atoms with Gasteiger partial charge in [-0.25, -0.2) is 0 Å². The van der Waals surface area contributed by atoms with E-state index >= 15 is 0 Å². The summed E-state index contributed by atoms with van der Waals surface area (Å²) in [6, 6.07) is 10.3. The predicted molar refractivity (Wildman–Crippen MR) is 91.7 cm³/mol. The Morgan fingerprint density at radius 2 is 1.05 bits per heavy atom. The van der Waals surface area contributed by atoms with Gasteiger partial charge in [0.25, 0.3) is 0 Å². The average molecular weight is 331 g/mol. The van der Waals surface area contributed by atoms with Crippen molar-refractivity contribution in [2.45, 2.75) is 39.3 Å². The lowest BCUT2D eigenvalue weighted by Crippen LogP contribution is -2.61. The number of benzene rings is 1. The monoisotopic (exact) mass is 330 g/mol. The van der Waals surface area contributed by atoms with Crippen molar-refractivity contribution in [3.8, 4) is 0 Å². The van der Waals surface area contributed by atoms with E-state index in [1.54, 1.807) is 0 Å². The molecular weight excluding hydrogens is 304 g/mol. The van der Waals surface area contributed by atoms with E-state index in [1.807, 2.05) is 18.2 Å². The highest BCUT2D eigenvalue weighted by Crippen LogP contribution is 2.15. The second-order valence-electron chi connectivity index (χ2n) is 5.42. The summed E-state index contributed by atoms with van der Waals surface area (Å²) < 4.78 is 19.0. The van der Waals surface area contributed by atoms with Gasteiger partial charge in [-0.2, -0.15) is 0 Å². The second kappa shape index (κ2) is 7.67. The van der Waals surface area contributed by atoms with Crippen LogP contribution in [0.1, 0.15) is 0 Å². The molecule has 0 amide bonds. The molecule has 7 heteroatoms. The van der Waals surface area contributed by atoms with Gasteiger partial charge in [-0.15, -0.1) is 0 Å². The molecule has 0 heterocycles. The molecule has 1 rings (SSSR count). The minimum atomic E-state index is -2.68.